The molecule has 0 aliphatic carbocycles. The molecule has 1 atom stereocenters. The molecule has 2 heterocycles. The Kier molecular flexibility index (Phi) is 6.58. The van der Waals surface area contributed by atoms with Crippen LogP contribution in [0, 0.1) is 0 Å². The van der Waals surface area contributed by atoms with E-state index in [0.717, 1.165) is 0 Å². The second kappa shape index (κ2) is 9.24. The molecule has 0 radical (unpaired) electrons. The summed E-state index contributed by atoms with van der Waals surface area (Å²) < 4.78 is 7.18. The monoisotopic (exact) mass is 506 g/mol. The van der Waals surface area contributed by atoms with Gasteiger partial charge in [-0.3, -0.25) is 9.36 Å². The Morgan fingerprint density at radius 2 is 1.94 bits per heavy atom. The van der Waals surface area contributed by atoms with Crippen molar-refractivity contribution in [2.24, 2.45) is 4.99 Å². The smallest absolute Gasteiger partial charge is 0.338 e. The quantitative estimate of drug-likeness (QED) is 0.479. The number of thiazole rings is 1. The van der Waals surface area contributed by atoms with Crippen LogP contribution in [0.3, 0.4) is 0 Å². The summed E-state index contributed by atoms with van der Waals surface area (Å²) in [7, 11) is 0. The van der Waals surface area contributed by atoms with Gasteiger partial charge in [0, 0.05) is 15.1 Å². The lowest BCUT2D eigenvalue weighted by Gasteiger charge is -2.25. The standard InChI is InChI=1S/C23H17Cl3N2O3S/c1-3-31-22(30)19-12(2)27-23-28(20(19)15-6-4-5-7-16(15)25)21(29)18(32-23)10-13-8-9-14(24)11-17(13)26/h4-11,20H,3H2,1-2H3/b18-10+/t20-/m1/s1. The molecule has 4 rings (SSSR count). The summed E-state index contributed by atoms with van der Waals surface area (Å²) >= 11 is 20.0. The summed E-state index contributed by atoms with van der Waals surface area (Å²) in [6.45, 7) is 3.65. The van der Waals surface area contributed by atoms with E-state index in [9.17, 15) is 9.59 Å². The highest BCUT2D eigenvalue weighted by atomic mass is 35.5. The van der Waals surface area contributed by atoms with Crippen molar-refractivity contribution in [2.75, 3.05) is 6.61 Å². The van der Waals surface area contributed by atoms with E-state index in [1.165, 1.54) is 15.9 Å². The van der Waals surface area contributed by atoms with E-state index in [-0.39, 0.29) is 17.7 Å². The third-order valence-electron chi connectivity index (χ3n) is 4.97. The molecule has 0 bridgehead atoms. The number of aromatic nitrogens is 1. The molecule has 0 unspecified atom stereocenters. The van der Waals surface area contributed by atoms with Gasteiger partial charge in [0.15, 0.2) is 4.80 Å². The Morgan fingerprint density at radius 1 is 1.19 bits per heavy atom. The Bertz CT molecular complexity index is 1440. The first-order valence-corrected chi connectivity index (χ1v) is 11.7. The van der Waals surface area contributed by atoms with Gasteiger partial charge in [0.05, 0.1) is 22.4 Å². The highest BCUT2D eigenvalue weighted by Gasteiger charge is 2.34. The van der Waals surface area contributed by atoms with Crippen molar-refractivity contribution >= 4 is 58.2 Å². The van der Waals surface area contributed by atoms with Gasteiger partial charge in [-0.2, -0.15) is 0 Å². The van der Waals surface area contributed by atoms with Crippen LogP contribution < -0.4 is 14.9 Å². The number of ether oxygens (including phenoxy) is 1. The molecule has 0 amide bonds. The first-order valence-electron chi connectivity index (χ1n) is 9.71. The van der Waals surface area contributed by atoms with Gasteiger partial charge in [0.25, 0.3) is 5.56 Å². The lowest BCUT2D eigenvalue weighted by atomic mass is 9.96. The fourth-order valence-corrected chi connectivity index (χ4v) is 5.28. The molecule has 1 aliphatic heterocycles. The number of allylic oxidation sites excluding steroid dienone is 1. The van der Waals surface area contributed by atoms with Crippen molar-refractivity contribution in [1.82, 2.24) is 4.57 Å². The van der Waals surface area contributed by atoms with E-state index >= 15 is 0 Å². The van der Waals surface area contributed by atoms with E-state index in [2.05, 4.69) is 4.99 Å². The van der Waals surface area contributed by atoms with Gasteiger partial charge in [0.2, 0.25) is 0 Å². The van der Waals surface area contributed by atoms with Crippen molar-refractivity contribution in [2.45, 2.75) is 19.9 Å². The zero-order chi connectivity index (χ0) is 23.0. The van der Waals surface area contributed by atoms with Crippen LogP contribution in [-0.4, -0.2) is 17.1 Å². The predicted octanol–water partition coefficient (Wildman–Crippen LogP) is 4.76. The van der Waals surface area contributed by atoms with E-state index in [0.29, 0.717) is 41.2 Å². The number of hydrogen-bond donors (Lipinski definition) is 0. The van der Waals surface area contributed by atoms with Crippen LogP contribution in [0.2, 0.25) is 15.1 Å². The zero-order valence-corrected chi connectivity index (χ0v) is 20.1. The van der Waals surface area contributed by atoms with Crippen LogP contribution in [-0.2, 0) is 9.53 Å². The van der Waals surface area contributed by atoms with E-state index in [1.54, 1.807) is 56.3 Å². The first-order chi connectivity index (χ1) is 15.3. The van der Waals surface area contributed by atoms with Crippen LogP contribution in [0.15, 0.2) is 63.5 Å². The molecule has 3 aromatic rings. The highest BCUT2D eigenvalue weighted by molar-refractivity contribution is 7.07. The number of fused-ring (bicyclic) bond motifs is 1. The molecule has 32 heavy (non-hydrogen) atoms. The molecule has 164 valence electrons. The lowest BCUT2D eigenvalue weighted by molar-refractivity contribution is -0.139. The molecular weight excluding hydrogens is 491 g/mol. The minimum Gasteiger partial charge on any atom is -0.463 e. The van der Waals surface area contributed by atoms with Crippen LogP contribution >= 0.6 is 46.1 Å². The predicted molar refractivity (Wildman–Crippen MR) is 128 cm³/mol. The number of benzene rings is 2. The first kappa shape index (κ1) is 22.8. The average molecular weight is 508 g/mol. The number of esters is 1. The van der Waals surface area contributed by atoms with Crippen molar-refractivity contribution < 1.29 is 9.53 Å². The molecular formula is C23H17Cl3N2O3S. The van der Waals surface area contributed by atoms with E-state index in [4.69, 9.17) is 39.5 Å². The Balaban J connectivity index is 1.99. The number of carbonyl (C=O) groups is 1. The largest absolute Gasteiger partial charge is 0.463 e. The summed E-state index contributed by atoms with van der Waals surface area (Å²) in [6, 6.07) is 11.4. The van der Waals surface area contributed by atoms with Crippen molar-refractivity contribution in [3.63, 3.8) is 0 Å². The second-order valence-electron chi connectivity index (χ2n) is 6.99. The van der Waals surface area contributed by atoms with Gasteiger partial charge >= 0.3 is 5.97 Å². The number of rotatable bonds is 4. The Labute approximate surface area is 202 Å². The molecule has 1 aliphatic rings. The minimum absolute atomic E-state index is 0.199. The molecule has 9 heteroatoms. The Morgan fingerprint density at radius 3 is 2.62 bits per heavy atom. The molecule has 0 saturated carbocycles. The van der Waals surface area contributed by atoms with Gasteiger partial charge in [-0.05, 0) is 49.2 Å². The number of nitrogens with zero attached hydrogens (tertiary/aromatic N) is 2. The lowest BCUT2D eigenvalue weighted by Crippen LogP contribution is -2.40. The maximum absolute atomic E-state index is 13.5. The van der Waals surface area contributed by atoms with Crippen molar-refractivity contribution in [1.29, 1.82) is 0 Å². The molecule has 5 nitrogen and oxygen atoms in total. The van der Waals surface area contributed by atoms with E-state index < -0.39 is 12.0 Å². The van der Waals surface area contributed by atoms with Crippen LogP contribution in [0.4, 0.5) is 0 Å². The average Bonchev–Trinajstić information content (AvgIpc) is 3.04. The van der Waals surface area contributed by atoms with Gasteiger partial charge in [-0.25, -0.2) is 9.79 Å². The van der Waals surface area contributed by atoms with Crippen molar-refractivity contribution in [3.8, 4) is 0 Å². The van der Waals surface area contributed by atoms with Crippen LogP contribution in [0.1, 0.15) is 31.0 Å². The third-order valence-corrected chi connectivity index (χ3v) is 6.86. The van der Waals surface area contributed by atoms with Gasteiger partial charge in [0.1, 0.15) is 6.04 Å². The molecule has 0 spiro atoms. The summed E-state index contributed by atoms with van der Waals surface area (Å²) in [6.07, 6.45) is 1.69. The number of hydrogen-bond acceptors (Lipinski definition) is 5. The van der Waals surface area contributed by atoms with Gasteiger partial charge in [-0.1, -0.05) is 70.4 Å². The SMILES string of the molecule is CCOC(=O)C1=C(C)N=c2s/c(=C/c3ccc(Cl)cc3Cl)c(=O)n2[C@@H]1c1ccccc1Cl. The van der Waals surface area contributed by atoms with Gasteiger partial charge in [-0.15, -0.1) is 0 Å². The van der Waals surface area contributed by atoms with Crippen molar-refractivity contribution in [3.05, 3.63) is 99.6 Å². The number of carbonyl (C=O) groups excluding carboxylic acids is 1. The van der Waals surface area contributed by atoms with Gasteiger partial charge < -0.3 is 4.74 Å². The topological polar surface area (TPSA) is 60.7 Å². The fourth-order valence-electron chi connectivity index (χ4n) is 3.54. The minimum atomic E-state index is -0.762. The van der Waals surface area contributed by atoms with E-state index in [1.807, 2.05) is 6.07 Å². The summed E-state index contributed by atoms with van der Waals surface area (Å²) in [5, 5.41) is 1.36. The molecule has 0 fully saturated rings. The molecule has 0 N–H and O–H groups in total. The van der Waals surface area contributed by atoms with Crippen LogP contribution in [0.25, 0.3) is 6.08 Å². The third kappa shape index (κ3) is 4.16. The molecule has 0 saturated heterocycles. The summed E-state index contributed by atoms with van der Waals surface area (Å²) in [5.74, 6) is -0.534. The summed E-state index contributed by atoms with van der Waals surface area (Å²) in [5.41, 5.74) is 1.72. The highest BCUT2D eigenvalue weighted by Crippen LogP contribution is 2.34. The molecule has 2 aromatic carbocycles. The summed E-state index contributed by atoms with van der Waals surface area (Å²) in [4.78, 5) is 31.4. The van der Waals surface area contributed by atoms with Crippen LogP contribution in [0.5, 0.6) is 0 Å². The normalized spacial score (nSPS) is 16.0. The maximum atomic E-state index is 13.5. The number of halogens is 3. The Hall–Kier alpha value is -2.38. The molecule has 1 aromatic heterocycles. The zero-order valence-electron chi connectivity index (χ0n) is 17.1. The fraction of sp³-hybridized carbons (Fsp3) is 0.174. The second-order valence-corrected chi connectivity index (χ2v) is 9.25. The maximum Gasteiger partial charge on any atom is 0.338 e.